The zero-order chi connectivity index (χ0) is 13.7. The van der Waals surface area contributed by atoms with Crippen molar-refractivity contribution in [3.8, 4) is 0 Å². The Labute approximate surface area is 118 Å². The lowest BCUT2D eigenvalue weighted by atomic mass is 10.2. The first-order valence-electron chi connectivity index (χ1n) is 6.58. The summed E-state index contributed by atoms with van der Waals surface area (Å²) >= 11 is 5.95. The predicted molar refractivity (Wildman–Crippen MR) is 75.5 cm³/mol. The summed E-state index contributed by atoms with van der Waals surface area (Å²) in [7, 11) is 0. The lowest BCUT2D eigenvalue weighted by molar-refractivity contribution is 0.204. The summed E-state index contributed by atoms with van der Waals surface area (Å²) in [5, 5.41) is 18.7. The highest BCUT2D eigenvalue weighted by atomic mass is 35.5. The van der Waals surface area contributed by atoms with Gasteiger partial charge in [0.2, 0.25) is 0 Å². The second-order valence-corrected chi connectivity index (χ2v) is 5.11. The molecule has 5 nitrogen and oxygen atoms in total. The van der Waals surface area contributed by atoms with Crippen LogP contribution >= 0.6 is 11.6 Å². The van der Waals surface area contributed by atoms with Gasteiger partial charge in [0, 0.05) is 37.9 Å². The molecular weight excluding hydrogens is 266 g/mol. The van der Waals surface area contributed by atoms with Gasteiger partial charge in [0.1, 0.15) is 5.82 Å². The topological polar surface area (TPSA) is 59.8 Å². The first kappa shape index (κ1) is 14.5. The third-order valence-corrected chi connectivity index (χ3v) is 3.76. The first-order chi connectivity index (χ1) is 9.24. The van der Waals surface area contributed by atoms with E-state index in [1.165, 1.54) is 0 Å². The third kappa shape index (κ3) is 3.79. The van der Waals surface area contributed by atoms with Crippen LogP contribution in [0.25, 0.3) is 0 Å². The molecule has 1 aliphatic rings. The molecule has 0 unspecified atom stereocenters. The average molecular weight is 286 g/mol. The van der Waals surface area contributed by atoms with Crippen LogP contribution in [0.15, 0.2) is 12.3 Å². The fourth-order valence-electron chi connectivity index (χ4n) is 2.33. The maximum atomic E-state index is 9.24. The van der Waals surface area contributed by atoms with Crippen LogP contribution in [0.5, 0.6) is 0 Å². The number of nitrogens with zero attached hydrogens (tertiary/aromatic N) is 3. The Morgan fingerprint density at radius 3 is 2.79 bits per heavy atom. The molecule has 0 spiro atoms. The lowest BCUT2D eigenvalue weighted by Crippen LogP contribution is -2.32. The van der Waals surface area contributed by atoms with Gasteiger partial charge < -0.3 is 15.1 Å². The molecule has 1 aromatic heterocycles. The number of aromatic nitrogens is 1. The minimum Gasteiger partial charge on any atom is -0.395 e. The summed E-state index contributed by atoms with van der Waals surface area (Å²) in [4.78, 5) is 8.79. The molecule has 2 heterocycles. The molecule has 19 heavy (non-hydrogen) atoms. The monoisotopic (exact) mass is 285 g/mol. The van der Waals surface area contributed by atoms with Gasteiger partial charge in [-0.2, -0.15) is 0 Å². The number of hydrogen-bond donors (Lipinski definition) is 2. The third-order valence-electron chi connectivity index (χ3n) is 3.42. The van der Waals surface area contributed by atoms with Crippen LogP contribution in [0.1, 0.15) is 12.0 Å². The van der Waals surface area contributed by atoms with Crippen molar-refractivity contribution in [1.82, 2.24) is 9.88 Å². The van der Waals surface area contributed by atoms with E-state index in [0.717, 1.165) is 45.0 Å². The van der Waals surface area contributed by atoms with Gasteiger partial charge in [-0.05, 0) is 19.0 Å². The largest absolute Gasteiger partial charge is 0.395 e. The van der Waals surface area contributed by atoms with Crippen LogP contribution in [-0.2, 0) is 6.61 Å². The Morgan fingerprint density at radius 2 is 2.05 bits per heavy atom. The van der Waals surface area contributed by atoms with Crippen LogP contribution in [0.3, 0.4) is 0 Å². The Bertz CT molecular complexity index is 417. The Hall–Kier alpha value is -0.880. The molecule has 0 atom stereocenters. The molecule has 1 aromatic rings. The van der Waals surface area contributed by atoms with E-state index in [0.29, 0.717) is 10.6 Å². The summed E-state index contributed by atoms with van der Waals surface area (Å²) < 4.78 is 0. The fourth-order valence-corrected chi connectivity index (χ4v) is 2.49. The fraction of sp³-hybridized carbons (Fsp3) is 0.615. The van der Waals surface area contributed by atoms with Gasteiger partial charge in [0.25, 0.3) is 0 Å². The standard InChI is InChI=1S/C13H20ClN3O2/c14-12-9-15-13(8-11(12)10-19)17-3-1-2-16(4-5-17)6-7-18/h8-9,18-19H,1-7,10H2. The van der Waals surface area contributed by atoms with Crippen molar-refractivity contribution in [2.24, 2.45) is 0 Å². The summed E-state index contributed by atoms with van der Waals surface area (Å²) in [6, 6.07) is 1.85. The Balaban J connectivity index is 2.05. The van der Waals surface area contributed by atoms with Crippen LogP contribution in [-0.4, -0.2) is 59.4 Å². The molecule has 2 N–H and O–H groups in total. The average Bonchev–Trinajstić information content (AvgIpc) is 2.66. The van der Waals surface area contributed by atoms with E-state index in [1.54, 1.807) is 6.20 Å². The lowest BCUT2D eigenvalue weighted by Gasteiger charge is -2.23. The first-order valence-corrected chi connectivity index (χ1v) is 6.96. The Morgan fingerprint density at radius 1 is 1.21 bits per heavy atom. The summed E-state index contributed by atoms with van der Waals surface area (Å²) in [5.41, 5.74) is 0.711. The van der Waals surface area contributed by atoms with E-state index in [1.807, 2.05) is 6.07 Å². The summed E-state index contributed by atoms with van der Waals surface area (Å²) in [6.45, 7) is 4.58. The van der Waals surface area contributed by atoms with Crippen molar-refractivity contribution >= 4 is 17.4 Å². The number of pyridine rings is 1. The van der Waals surface area contributed by atoms with Crippen molar-refractivity contribution in [3.05, 3.63) is 22.8 Å². The summed E-state index contributed by atoms with van der Waals surface area (Å²) in [6.07, 6.45) is 2.64. The van der Waals surface area contributed by atoms with Gasteiger partial charge >= 0.3 is 0 Å². The second kappa shape index (κ2) is 7.05. The van der Waals surface area contributed by atoms with Gasteiger partial charge in [-0.15, -0.1) is 0 Å². The maximum Gasteiger partial charge on any atom is 0.128 e. The molecule has 0 amide bonds. The zero-order valence-electron chi connectivity index (χ0n) is 10.9. The molecule has 1 saturated heterocycles. The number of rotatable bonds is 4. The number of halogens is 1. The quantitative estimate of drug-likeness (QED) is 0.854. The van der Waals surface area contributed by atoms with E-state index in [9.17, 15) is 5.11 Å². The molecule has 0 bridgehead atoms. The van der Waals surface area contributed by atoms with Crippen LogP contribution < -0.4 is 4.90 Å². The number of aliphatic hydroxyl groups excluding tert-OH is 2. The SMILES string of the molecule is OCCN1CCCN(c2cc(CO)c(Cl)cn2)CC1. The van der Waals surface area contributed by atoms with E-state index in [2.05, 4.69) is 14.8 Å². The van der Waals surface area contributed by atoms with Crippen LogP contribution in [0, 0.1) is 0 Å². The molecule has 0 aliphatic carbocycles. The van der Waals surface area contributed by atoms with Gasteiger partial charge in [0.05, 0.1) is 18.2 Å². The van der Waals surface area contributed by atoms with Crippen molar-refractivity contribution < 1.29 is 10.2 Å². The van der Waals surface area contributed by atoms with Crippen LogP contribution in [0.4, 0.5) is 5.82 Å². The van der Waals surface area contributed by atoms with Crippen molar-refractivity contribution in [2.75, 3.05) is 44.2 Å². The highest BCUT2D eigenvalue weighted by molar-refractivity contribution is 6.31. The van der Waals surface area contributed by atoms with E-state index >= 15 is 0 Å². The second-order valence-electron chi connectivity index (χ2n) is 4.70. The van der Waals surface area contributed by atoms with Crippen LogP contribution in [0.2, 0.25) is 5.02 Å². The van der Waals surface area contributed by atoms with Gasteiger partial charge in [-0.3, -0.25) is 4.90 Å². The molecular formula is C13H20ClN3O2. The highest BCUT2D eigenvalue weighted by Gasteiger charge is 2.16. The number of hydrogen-bond acceptors (Lipinski definition) is 5. The molecule has 0 aromatic carbocycles. The molecule has 2 rings (SSSR count). The summed E-state index contributed by atoms with van der Waals surface area (Å²) in [5.74, 6) is 0.860. The van der Waals surface area contributed by atoms with Gasteiger partial charge in [-0.25, -0.2) is 4.98 Å². The van der Waals surface area contributed by atoms with E-state index in [-0.39, 0.29) is 13.2 Å². The van der Waals surface area contributed by atoms with Crippen molar-refractivity contribution in [1.29, 1.82) is 0 Å². The Kier molecular flexibility index (Phi) is 5.39. The molecule has 1 fully saturated rings. The number of aliphatic hydroxyl groups is 2. The molecule has 0 radical (unpaired) electrons. The van der Waals surface area contributed by atoms with Crippen molar-refractivity contribution in [2.45, 2.75) is 13.0 Å². The predicted octanol–water partition coefficient (Wildman–Crippen LogP) is 0.732. The molecule has 1 aliphatic heterocycles. The minimum absolute atomic E-state index is 0.0706. The van der Waals surface area contributed by atoms with E-state index < -0.39 is 0 Å². The zero-order valence-corrected chi connectivity index (χ0v) is 11.7. The molecule has 6 heteroatoms. The minimum atomic E-state index is -0.0706. The normalized spacial score (nSPS) is 17.5. The number of β-amino-alcohol motifs (C(OH)–C–C–N with tert-alkyl or cyclic N) is 1. The number of anilines is 1. The molecule has 106 valence electrons. The smallest absolute Gasteiger partial charge is 0.128 e. The van der Waals surface area contributed by atoms with Gasteiger partial charge in [0.15, 0.2) is 0 Å². The van der Waals surface area contributed by atoms with Crippen molar-refractivity contribution in [3.63, 3.8) is 0 Å². The van der Waals surface area contributed by atoms with Gasteiger partial charge in [-0.1, -0.05) is 11.6 Å². The van der Waals surface area contributed by atoms with E-state index in [4.69, 9.17) is 16.7 Å². The maximum absolute atomic E-state index is 9.24. The molecule has 0 saturated carbocycles. The highest BCUT2D eigenvalue weighted by Crippen LogP contribution is 2.21.